The number of likely N-dealkylation sites (tertiary alicyclic amines) is 1. The molecule has 1 atom stereocenters. The maximum Gasteiger partial charge on any atom is 0.293 e. The molecule has 1 aliphatic heterocycles. The average molecular weight is 203 g/mol. The molecule has 2 amide bonds. The van der Waals surface area contributed by atoms with Gasteiger partial charge in [0.1, 0.15) is 5.94 Å². The molecule has 0 N–H and O–H groups in total. The van der Waals surface area contributed by atoms with Crippen molar-refractivity contribution in [1.82, 2.24) is 4.90 Å². The zero-order valence-corrected chi connectivity index (χ0v) is 7.87. The van der Waals surface area contributed by atoms with Crippen molar-refractivity contribution in [2.75, 3.05) is 13.0 Å². The Balaban J connectivity index is 2.40. The highest BCUT2D eigenvalue weighted by Gasteiger charge is 2.36. The van der Waals surface area contributed by atoms with E-state index in [0.29, 0.717) is 6.47 Å². The molecule has 13 heavy (non-hydrogen) atoms. The molecule has 1 saturated heterocycles. The zero-order chi connectivity index (χ0) is 9.84. The van der Waals surface area contributed by atoms with Gasteiger partial charge in [0.15, 0.2) is 0 Å². The van der Waals surface area contributed by atoms with Crippen molar-refractivity contribution < 1.29 is 19.1 Å². The second kappa shape index (κ2) is 4.27. The molecule has 6 heteroatoms. The van der Waals surface area contributed by atoms with Crippen LogP contribution >= 0.6 is 11.8 Å². The highest BCUT2D eigenvalue weighted by Crippen LogP contribution is 2.23. The van der Waals surface area contributed by atoms with Gasteiger partial charge in [0.05, 0.1) is 5.25 Å². The summed E-state index contributed by atoms with van der Waals surface area (Å²) in [7, 11) is 1.45. The van der Waals surface area contributed by atoms with E-state index in [2.05, 4.69) is 4.74 Å². The Bertz CT molecular complexity index is 243. The van der Waals surface area contributed by atoms with Gasteiger partial charge in [-0.2, -0.15) is 0 Å². The predicted octanol–water partition coefficient (Wildman–Crippen LogP) is -0.393. The number of carbonyl (C=O) groups excluding carboxylic acids is 3. The number of hydrogen-bond acceptors (Lipinski definition) is 5. The third kappa shape index (κ3) is 2.21. The van der Waals surface area contributed by atoms with Gasteiger partial charge >= 0.3 is 0 Å². The second-order valence-electron chi connectivity index (χ2n) is 2.53. The molecular weight excluding hydrogens is 194 g/mol. The summed E-state index contributed by atoms with van der Waals surface area (Å²) < 4.78 is 4.41. The van der Waals surface area contributed by atoms with Crippen LogP contribution in [0.15, 0.2) is 0 Å². The lowest BCUT2D eigenvalue weighted by Gasteiger charge is -2.06. The molecule has 1 heterocycles. The van der Waals surface area contributed by atoms with Crippen LogP contribution in [0.1, 0.15) is 6.42 Å². The van der Waals surface area contributed by atoms with Gasteiger partial charge in [-0.05, 0) is 0 Å². The normalized spacial score (nSPS) is 22.2. The van der Waals surface area contributed by atoms with Gasteiger partial charge in [-0.1, -0.05) is 0 Å². The SMILES string of the molecule is CN1C(=O)CC(SCOC=O)C1=O. The smallest absolute Gasteiger partial charge is 0.293 e. The summed E-state index contributed by atoms with van der Waals surface area (Å²) in [5.74, 6) is -0.292. The zero-order valence-electron chi connectivity index (χ0n) is 7.06. The molecule has 1 aliphatic rings. The van der Waals surface area contributed by atoms with Crippen molar-refractivity contribution >= 4 is 30.0 Å². The number of thioether (sulfide) groups is 1. The van der Waals surface area contributed by atoms with Gasteiger partial charge in [-0.15, -0.1) is 11.8 Å². The van der Waals surface area contributed by atoms with E-state index in [1.54, 1.807) is 0 Å². The fraction of sp³-hybridized carbons (Fsp3) is 0.571. The monoisotopic (exact) mass is 203 g/mol. The molecule has 0 aromatic heterocycles. The molecule has 0 saturated carbocycles. The van der Waals surface area contributed by atoms with E-state index in [-0.39, 0.29) is 24.2 Å². The lowest BCUT2D eigenvalue weighted by molar-refractivity contribution is -0.136. The van der Waals surface area contributed by atoms with Gasteiger partial charge in [0.2, 0.25) is 11.8 Å². The van der Waals surface area contributed by atoms with Gasteiger partial charge in [-0.3, -0.25) is 19.3 Å². The Labute approximate surface area is 79.4 Å². The summed E-state index contributed by atoms with van der Waals surface area (Å²) in [5.41, 5.74) is 0. The number of nitrogens with zero attached hydrogens (tertiary/aromatic N) is 1. The second-order valence-corrected chi connectivity index (χ2v) is 3.67. The van der Waals surface area contributed by atoms with E-state index < -0.39 is 5.25 Å². The Morgan fingerprint density at radius 3 is 2.85 bits per heavy atom. The van der Waals surface area contributed by atoms with Crippen LogP contribution in [0.4, 0.5) is 0 Å². The van der Waals surface area contributed by atoms with E-state index in [1.165, 1.54) is 7.05 Å². The van der Waals surface area contributed by atoms with Gasteiger partial charge in [0, 0.05) is 13.5 Å². The Morgan fingerprint density at radius 2 is 2.38 bits per heavy atom. The van der Waals surface area contributed by atoms with Crippen LogP contribution in [0.5, 0.6) is 0 Å². The minimum absolute atomic E-state index is 0.112. The van der Waals surface area contributed by atoms with Crippen molar-refractivity contribution in [1.29, 1.82) is 0 Å². The van der Waals surface area contributed by atoms with Crippen LogP contribution in [0.3, 0.4) is 0 Å². The quantitative estimate of drug-likeness (QED) is 0.269. The predicted molar refractivity (Wildman–Crippen MR) is 45.8 cm³/mol. The highest BCUT2D eigenvalue weighted by atomic mass is 32.2. The van der Waals surface area contributed by atoms with Gasteiger partial charge in [-0.25, -0.2) is 0 Å². The molecule has 0 bridgehead atoms. The summed E-state index contributed by atoms with van der Waals surface area (Å²) in [6.45, 7) is 0.317. The van der Waals surface area contributed by atoms with Crippen LogP contribution < -0.4 is 0 Å². The molecular formula is C7H9NO4S. The molecule has 5 nitrogen and oxygen atoms in total. The summed E-state index contributed by atoms with van der Waals surface area (Å²) in [5, 5.41) is -0.391. The first-order valence-corrected chi connectivity index (χ1v) is 4.69. The third-order valence-corrected chi connectivity index (χ3v) is 2.79. The Kier molecular flexibility index (Phi) is 3.30. The van der Waals surface area contributed by atoms with Gasteiger partial charge < -0.3 is 4.74 Å². The van der Waals surface area contributed by atoms with Crippen LogP contribution in [0.2, 0.25) is 0 Å². The number of amides is 2. The van der Waals surface area contributed by atoms with E-state index in [1.807, 2.05) is 0 Å². The van der Waals surface area contributed by atoms with E-state index in [0.717, 1.165) is 16.7 Å². The first-order chi connectivity index (χ1) is 6.16. The largest absolute Gasteiger partial charge is 0.457 e. The third-order valence-electron chi connectivity index (χ3n) is 1.75. The Morgan fingerprint density at radius 1 is 1.69 bits per heavy atom. The fourth-order valence-corrected chi connectivity index (χ4v) is 1.86. The van der Waals surface area contributed by atoms with Crippen LogP contribution in [-0.2, 0) is 19.1 Å². The minimum atomic E-state index is -0.391. The summed E-state index contributed by atoms with van der Waals surface area (Å²) in [6, 6.07) is 0. The number of imide groups is 1. The maximum absolute atomic E-state index is 11.3. The standard InChI is InChI=1S/C7H9NO4S/c1-8-6(10)2-5(7(8)11)13-4-12-3-9/h3,5H,2,4H2,1H3. The summed E-state index contributed by atoms with van der Waals surface area (Å²) in [6.07, 6.45) is 0.197. The lowest BCUT2D eigenvalue weighted by atomic mass is 10.4. The molecule has 0 aromatic carbocycles. The van der Waals surface area contributed by atoms with Crippen molar-refractivity contribution in [2.24, 2.45) is 0 Å². The average Bonchev–Trinajstić information content (AvgIpc) is 2.34. The molecule has 72 valence electrons. The van der Waals surface area contributed by atoms with Crippen molar-refractivity contribution in [2.45, 2.75) is 11.7 Å². The first-order valence-electron chi connectivity index (χ1n) is 3.64. The molecule has 1 unspecified atom stereocenters. The molecule has 0 radical (unpaired) electrons. The van der Waals surface area contributed by atoms with Crippen molar-refractivity contribution in [3.05, 3.63) is 0 Å². The Hall–Kier alpha value is -1.04. The number of ether oxygens (including phenoxy) is 1. The molecule has 0 spiro atoms. The first kappa shape index (κ1) is 10.0. The number of rotatable bonds is 4. The van der Waals surface area contributed by atoms with Crippen molar-refractivity contribution in [3.63, 3.8) is 0 Å². The molecule has 1 fully saturated rings. The lowest BCUT2D eigenvalue weighted by Crippen LogP contribution is -2.26. The highest BCUT2D eigenvalue weighted by molar-refractivity contribution is 8.00. The van der Waals surface area contributed by atoms with Crippen LogP contribution in [0, 0.1) is 0 Å². The molecule has 0 aliphatic carbocycles. The fourth-order valence-electron chi connectivity index (χ4n) is 1.00. The van der Waals surface area contributed by atoms with E-state index in [4.69, 9.17) is 0 Å². The van der Waals surface area contributed by atoms with Crippen LogP contribution in [0.25, 0.3) is 0 Å². The van der Waals surface area contributed by atoms with Crippen LogP contribution in [-0.4, -0.2) is 41.4 Å². The summed E-state index contributed by atoms with van der Waals surface area (Å²) in [4.78, 5) is 33.1. The van der Waals surface area contributed by atoms with E-state index in [9.17, 15) is 14.4 Å². The topological polar surface area (TPSA) is 63.7 Å². The minimum Gasteiger partial charge on any atom is -0.457 e. The van der Waals surface area contributed by atoms with Gasteiger partial charge in [0.25, 0.3) is 6.47 Å². The molecule has 1 rings (SSSR count). The number of carbonyl (C=O) groups is 3. The van der Waals surface area contributed by atoms with Crippen molar-refractivity contribution in [3.8, 4) is 0 Å². The number of hydrogen-bond donors (Lipinski definition) is 0. The summed E-state index contributed by atoms with van der Waals surface area (Å²) >= 11 is 1.16. The maximum atomic E-state index is 11.3. The molecule has 0 aromatic rings. The van der Waals surface area contributed by atoms with E-state index >= 15 is 0 Å².